The van der Waals surface area contributed by atoms with Gasteiger partial charge in [0.2, 0.25) is 0 Å². The van der Waals surface area contributed by atoms with E-state index in [0.717, 1.165) is 5.69 Å². The predicted molar refractivity (Wildman–Crippen MR) is 74.1 cm³/mol. The molecule has 0 aromatic carbocycles. The SMILES string of the molecule is COC(=O)c1ccnc(NCc2ccnc(C)n2)c1N. The topological polar surface area (TPSA) is 103 Å². The molecule has 0 fully saturated rings. The number of nitrogens with one attached hydrogen (secondary N) is 1. The van der Waals surface area contributed by atoms with Crippen LogP contribution in [-0.4, -0.2) is 28.0 Å². The van der Waals surface area contributed by atoms with Gasteiger partial charge in [0.1, 0.15) is 11.6 Å². The number of nitrogen functional groups attached to an aromatic ring is 1. The molecule has 0 bridgehead atoms. The second kappa shape index (κ2) is 5.96. The molecule has 0 unspecified atom stereocenters. The molecular formula is C13H15N5O2. The minimum absolute atomic E-state index is 0.255. The van der Waals surface area contributed by atoms with Gasteiger partial charge in [-0.1, -0.05) is 0 Å². The standard InChI is InChI=1S/C13H15N5O2/c1-8-15-5-3-9(18-8)7-17-12-11(14)10(4-6-16-12)13(19)20-2/h3-6H,7,14H2,1-2H3,(H,16,17). The van der Waals surface area contributed by atoms with Crippen LogP contribution in [0, 0.1) is 6.92 Å². The summed E-state index contributed by atoms with van der Waals surface area (Å²) in [5, 5.41) is 3.04. The lowest BCUT2D eigenvalue weighted by molar-refractivity contribution is 0.0602. The van der Waals surface area contributed by atoms with E-state index in [0.29, 0.717) is 18.2 Å². The maximum absolute atomic E-state index is 11.5. The number of hydrogen-bond donors (Lipinski definition) is 2. The lowest BCUT2D eigenvalue weighted by Gasteiger charge is -2.10. The second-order valence-corrected chi connectivity index (χ2v) is 4.06. The normalized spacial score (nSPS) is 10.1. The molecule has 3 N–H and O–H groups in total. The number of ether oxygens (including phenoxy) is 1. The Morgan fingerprint density at radius 3 is 2.80 bits per heavy atom. The van der Waals surface area contributed by atoms with E-state index in [-0.39, 0.29) is 11.3 Å². The quantitative estimate of drug-likeness (QED) is 0.805. The molecule has 7 heteroatoms. The van der Waals surface area contributed by atoms with E-state index >= 15 is 0 Å². The van der Waals surface area contributed by atoms with Crippen LogP contribution in [0.2, 0.25) is 0 Å². The fourth-order valence-electron chi connectivity index (χ4n) is 1.68. The van der Waals surface area contributed by atoms with E-state index in [9.17, 15) is 4.79 Å². The Bertz CT molecular complexity index is 630. The van der Waals surface area contributed by atoms with Crippen molar-refractivity contribution in [2.75, 3.05) is 18.2 Å². The van der Waals surface area contributed by atoms with Gasteiger partial charge in [0.25, 0.3) is 0 Å². The first-order chi connectivity index (χ1) is 9.61. The maximum Gasteiger partial charge on any atom is 0.340 e. The number of methoxy groups -OCH3 is 1. The van der Waals surface area contributed by atoms with Crippen LogP contribution in [0.3, 0.4) is 0 Å². The summed E-state index contributed by atoms with van der Waals surface area (Å²) in [6, 6.07) is 3.31. The first-order valence-electron chi connectivity index (χ1n) is 5.97. The van der Waals surface area contributed by atoms with Crippen molar-refractivity contribution in [3.8, 4) is 0 Å². The van der Waals surface area contributed by atoms with E-state index in [1.165, 1.54) is 19.4 Å². The van der Waals surface area contributed by atoms with Crippen LogP contribution in [0.25, 0.3) is 0 Å². The van der Waals surface area contributed by atoms with Crippen molar-refractivity contribution in [3.63, 3.8) is 0 Å². The Kier molecular flexibility index (Phi) is 4.09. The summed E-state index contributed by atoms with van der Waals surface area (Å²) < 4.78 is 4.66. The third-order valence-corrected chi connectivity index (χ3v) is 2.67. The molecule has 0 amide bonds. The molecule has 20 heavy (non-hydrogen) atoms. The van der Waals surface area contributed by atoms with Crippen LogP contribution in [0.1, 0.15) is 21.9 Å². The molecule has 7 nitrogen and oxygen atoms in total. The molecular weight excluding hydrogens is 258 g/mol. The molecule has 0 saturated carbocycles. The Labute approximate surface area is 116 Å². The summed E-state index contributed by atoms with van der Waals surface area (Å²) in [6.45, 7) is 2.25. The summed E-state index contributed by atoms with van der Waals surface area (Å²) in [4.78, 5) is 23.9. The van der Waals surface area contributed by atoms with Crippen LogP contribution in [0.15, 0.2) is 24.5 Å². The summed E-state index contributed by atoms with van der Waals surface area (Å²) in [5.41, 5.74) is 7.24. The number of nitrogens with two attached hydrogens (primary N) is 1. The van der Waals surface area contributed by atoms with Crippen molar-refractivity contribution in [1.82, 2.24) is 15.0 Å². The highest BCUT2D eigenvalue weighted by atomic mass is 16.5. The van der Waals surface area contributed by atoms with Gasteiger partial charge in [-0.05, 0) is 19.1 Å². The zero-order valence-corrected chi connectivity index (χ0v) is 11.3. The Morgan fingerprint density at radius 1 is 1.35 bits per heavy atom. The Balaban J connectivity index is 2.16. The van der Waals surface area contributed by atoms with E-state index in [4.69, 9.17) is 5.73 Å². The molecule has 0 aliphatic heterocycles. The fraction of sp³-hybridized carbons (Fsp3) is 0.231. The fourth-order valence-corrected chi connectivity index (χ4v) is 1.68. The number of pyridine rings is 1. The highest BCUT2D eigenvalue weighted by Gasteiger charge is 2.13. The maximum atomic E-state index is 11.5. The summed E-state index contributed by atoms with van der Waals surface area (Å²) in [7, 11) is 1.30. The molecule has 2 aromatic rings. The van der Waals surface area contributed by atoms with Crippen molar-refractivity contribution in [1.29, 1.82) is 0 Å². The minimum Gasteiger partial charge on any atom is -0.465 e. The van der Waals surface area contributed by atoms with Gasteiger partial charge in [-0.3, -0.25) is 0 Å². The van der Waals surface area contributed by atoms with Gasteiger partial charge in [0.15, 0.2) is 0 Å². The third-order valence-electron chi connectivity index (χ3n) is 2.67. The molecule has 0 spiro atoms. The number of anilines is 2. The number of hydrogen-bond acceptors (Lipinski definition) is 7. The van der Waals surface area contributed by atoms with E-state index in [2.05, 4.69) is 25.0 Å². The van der Waals surface area contributed by atoms with Gasteiger partial charge in [0, 0.05) is 12.4 Å². The number of aromatic nitrogens is 3. The number of rotatable bonds is 4. The summed E-state index contributed by atoms with van der Waals surface area (Å²) >= 11 is 0. The smallest absolute Gasteiger partial charge is 0.340 e. The molecule has 0 radical (unpaired) electrons. The molecule has 0 saturated heterocycles. The zero-order valence-electron chi connectivity index (χ0n) is 11.3. The highest BCUT2D eigenvalue weighted by Crippen LogP contribution is 2.21. The van der Waals surface area contributed by atoms with Gasteiger partial charge in [-0.15, -0.1) is 0 Å². The average Bonchev–Trinajstić information content (AvgIpc) is 2.45. The lowest BCUT2D eigenvalue weighted by atomic mass is 10.2. The molecule has 104 valence electrons. The number of carbonyl (C=O) groups is 1. The number of nitrogens with zero attached hydrogens (tertiary/aromatic N) is 3. The molecule has 0 aliphatic rings. The van der Waals surface area contributed by atoms with Gasteiger partial charge in [-0.25, -0.2) is 19.7 Å². The molecule has 0 atom stereocenters. The van der Waals surface area contributed by atoms with Crippen LogP contribution >= 0.6 is 0 Å². The summed E-state index contributed by atoms with van der Waals surface area (Å²) in [5.74, 6) is 0.614. The summed E-state index contributed by atoms with van der Waals surface area (Å²) in [6.07, 6.45) is 3.18. The van der Waals surface area contributed by atoms with Gasteiger partial charge in [0.05, 0.1) is 30.6 Å². The van der Waals surface area contributed by atoms with Gasteiger partial charge < -0.3 is 15.8 Å². The highest BCUT2D eigenvalue weighted by molar-refractivity contribution is 5.97. The first-order valence-corrected chi connectivity index (χ1v) is 5.97. The van der Waals surface area contributed by atoms with Crippen LogP contribution in [0.5, 0.6) is 0 Å². The number of aryl methyl sites for hydroxylation is 1. The van der Waals surface area contributed by atoms with E-state index in [1.54, 1.807) is 12.3 Å². The van der Waals surface area contributed by atoms with Crippen LogP contribution in [-0.2, 0) is 11.3 Å². The van der Waals surface area contributed by atoms with Crippen molar-refractivity contribution >= 4 is 17.5 Å². The number of carbonyl (C=O) groups excluding carboxylic acids is 1. The monoisotopic (exact) mass is 273 g/mol. The molecule has 2 heterocycles. The predicted octanol–water partition coefficient (Wildman–Crippen LogP) is 1.16. The molecule has 2 aromatic heterocycles. The van der Waals surface area contributed by atoms with Crippen molar-refractivity contribution < 1.29 is 9.53 Å². The largest absolute Gasteiger partial charge is 0.465 e. The Hall–Kier alpha value is -2.70. The lowest BCUT2D eigenvalue weighted by Crippen LogP contribution is -2.11. The van der Waals surface area contributed by atoms with Crippen LogP contribution in [0.4, 0.5) is 11.5 Å². The van der Waals surface area contributed by atoms with Crippen LogP contribution < -0.4 is 11.1 Å². The van der Waals surface area contributed by atoms with E-state index < -0.39 is 5.97 Å². The van der Waals surface area contributed by atoms with Gasteiger partial charge >= 0.3 is 5.97 Å². The van der Waals surface area contributed by atoms with Crippen molar-refractivity contribution in [3.05, 3.63) is 41.6 Å². The van der Waals surface area contributed by atoms with E-state index in [1.807, 2.05) is 6.92 Å². The minimum atomic E-state index is -0.495. The molecule has 2 rings (SSSR count). The van der Waals surface area contributed by atoms with Crippen molar-refractivity contribution in [2.24, 2.45) is 0 Å². The van der Waals surface area contributed by atoms with Gasteiger partial charge in [-0.2, -0.15) is 0 Å². The second-order valence-electron chi connectivity index (χ2n) is 4.06. The van der Waals surface area contributed by atoms with Crippen molar-refractivity contribution in [2.45, 2.75) is 13.5 Å². The first kappa shape index (κ1) is 13.7. The average molecular weight is 273 g/mol. The Morgan fingerprint density at radius 2 is 2.10 bits per heavy atom. The number of esters is 1. The molecule has 0 aliphatic carbocycles. The zero-order chi connectivity index (χ0) is 14.5. The third kappa shape index (κ3) is 3.00.